The Bertz CT molecular complexity index is 1080. The molecule has 0 atom stereocenters. The number of carbonyl (C=O) groups is 3. The highest BCUT2D eigenvalue weighted by Gasteiger charge is 2.12. The van der Waals surface area contributed by atoms with Gasteiger partial charge in [0, 0.05) is 11.3 Å². The molecule has 0 spiro atoms. The number of thioether (sulfide) groups is 1. The van der Waals surface area contributed by atoms with Gasteiger partial charge in [-0.25, -0.2) is 4.79 Å². The van der Waals surface area contributed by atoms with Gasteiger partial charge in [-0.15, -0.1) is 10.2 Å². The van der Waals surface area contributed by atoms with E-state index in [1.807, 2.05) is 19.1 Å². The minimum atomic E-state index is -0.405. The van der Waals surface area contributed by atoms with Gasteiger partial charge in [0.05, 0.1) is 17.9 Å². The lowest BCUT2D eigenvalue weighted by atomic mass is 10.1. The van der Waals surface area contributed by atoms with Crippen molar-refractivity contribution >= 4 is 51.7 Å². The Balaban J connectivity index is 1.48. The molecule has 0 fully saturated rings. The number of hydrogen-bond donors (Lipinski definition) is 2. The van der Waals surface area contributed by atoms with Crippen molar-refractivity contribution in [1.82, 2.24) is 10.2 Å². The van der Waals surface area contributed by atoms with E-state index in [0.717, 1.165) is 5.56 Å². The third kappa shape index (κ3) is 6.63. The fourth-order valence-electron chi connectivity index (χ4n) is 2.50. The zero-order chi connectivity index (χ0) is 22.2. The maximum atomic E-state index is 12.3. The molecule has 1 heterocycles. The first kappa shape index (κ1) is 22.4. The van der Waals surface area contributed by atoms with E-state index in [1.54, 1.807) is 43.3 Å². The number of rotatable bonds is 8. The summed E-state index contributed by atoms with van der Waals surface area (Å²) in [5, 5.41) is 13.8. The summed E-state index contributed by atoms with van der Waals surface area (Å²) in [7, 11) is 0. The van der Waals surface area contributed by atoms with Crippen molar-refractivity contribution in [2.24, 2.45) is 0 Å². The molecule has 3 aromatic rings. The number of amides is 2. The number of esters is 1. The molecule has 2 aromatic carbocycles. The molecule has 0 saturated heterocycles. The van der Waals surface area contributed by atoms with Crippen LogP contribution in [0.2, 0.25) is 0 Å². The maximum Gasteiger partial charge on any atom is 0.338 e. The predicted molar refractivity (Wildman–Crippen MR) is 121 cm³/mol. The van der Waals surface area contributed by atoms with Crippen LogP contribution in [0.5, 0.6) is 0 Å². The highest BCUT2D eigenvalue weighted by Crippen LogP contribution is 2.26. The largest absolute Gasteiger partial charge is 0.462 e. The Hall–Kier alpha value is -3.24. The SMILES string of the molecule is CCOC(=O)c1ccc(NC(=O)CSc2nnc(NC(=O)c3cccc(C)c3)s2)cc1. The minimum absolute atomic E-state index is 0.125. The van der Waals surface area contributed by atoms with Gasteiger partial charge in [-0.3, -0.25) is 14.9 Å². The Morgan fingerprint density at radius 2 is 1.81 bits per heavy atom. The van der Waals surface area contributed by atoms with Crippen molar-refractivity contribution in [2.75, 3.05) is 23.0 Å². The highest BCUT2D eigenvalue weighted by molar-refractivity contribution is 8.01. The van der Waals surface area contributed by atoms with Crippen LogP contribution in [-0.4, -0.2) is 40.3 Å². The Morgan fingerprint density at radius 1 is 1.03 bits per heavy atom. The van der Waals surface area contributed by atoms with E-state index in [-0.39, 0.29) is 17.6 Å². The van der Waals surface area contributed by atoms with Gasteiger partial charge >= 0.3 is 5.97 Å². The molecule has 3 rings (SSSR count). The number of nitrogens with zero attached hydrogens (tertiary/aromatic N) is 2. The third-order valence-corrected chi connectivity index (χ3v) is 5.89. The molecule has 2 amide bonds. The van der Waals surface area contributed by atoms with Crippen LogP contribution in [0.4, 0.5) is 10.8 Å². The van der Waals surface area contributed by atoms with Gasteiger partial charge in [-0.2, -0.15) is 0 Å². The number of anilines is 2. The molecule has 0 aliphatic heterocycles. The van der Waals surface area contributed by atoms with Crippen LogP contribution < -0.4 is 10.6 Å². The number of aromatic nitrogens is 2. The van der Waals surface area contributed by atoms with Gasteiger partial charge in [0.25, 0.3) is 5.91 Å². The third-order valence-electron chi connectivity index (χ3n) is 3.91. The molecule has 0 aliphatic carbocycles. The van der Waals surface area contributed by atoms with E-state index in [1.165, 1.54) is 23.1 Å². The molecule has 1 aromatic heterocycles. The van der Waals surface area contributed by atoms with Crippen molar-refractivity contribution in [1.29, 1.82) is 0 Å². The summed E-state index contributed by atoms with van der Waals surface area (Å²) in [5.74, 6) is -0.771. The Labute approximate surface area is 187 Å². The molecule has 160 valence electrons. The van der Waals surface area contributed by atoms with E-state index in [0.29, 0.717) is 32.9 Å². The highest BCUT2D eigenvalue weighted by atomic mass is 32.2. The first-order chi connectivity index (χ1) is 14.9. The van der Waals surface area contributed by atoms with Crippen LogP contribution in [-0.2, 0) is 9.53 Å². The van der Waals surface area contributed by atoms with E-state index in [4.69, 9.17) is 4.74 Å². The molecule has 0 bridgehead atoms. The first-order valence-corrected chi connectivity index (χ1v) is 11.2. The molecule has 0 saturated carbocycles. The number of ether oxygens (including phenoxy) is 1. The summed E-state index contributed by atoms with van der Waals surface area (Å²) in [6.45, 7) is 3.96. The monoisotopic (exact) mass is 456 g/mol. The summed E-state index contributed by atoms with van der Waals surface area (Å²) in [5.41, 5.74) is 2.52. The number of carbonyl (C=O) groups excluding carboxylic acids is 3. The average Bonchev–Trinajstić information content (AvgIpc) is 3.20. The maximum absolute atomic E-state index is 12.3. The smallest absolute Gasteiger partial charge is 0.338 e. The number of benzene rings is 2. The predicted octanol–water partition coefficient (Wildman–Crippen LogP) is 4.01. The second kappa shape index (κ2) is 10.7. The van der Waals surface area contributed by atoms with Gasteiger partial charge < -0.3 is 10.1 Å². The van der Waals surface area contributed by atoms with Crippen molar-refractivity contribution in [2.45, 2.75) is 18.2 Å². The lowest BCUT2D eigenvalue weighted by Crippen LogP contribution is -2.14. The zero-order valence-electron chi connectivity index (χ0n) is 16.9. The fourth-order valence-corrected chi connectivity index (χ4v) is 4.05. The topological polar surface area (TPSA) is 110 Å². The second-order valence-corrected chi connectivity index (χ2v) is 8.53. The van der Waals surface area contributed by atoms with Gasteiger partial charge in [-0.05, 0) is 50.2 Å². The fraction of sp³-hybridized carbons (Fsp3) is 0.190. The molecule has 2 N–H and O–H groups in total. The number of aryl methyl sites for hydroxylation is 1. The van der Waals surface area contributed by atoms with E-state index < -0.39 is 5.97 Å². The van der Waals surface area contributed by atoms with Crippen LogP contribution in [0.25, 0.3) is 0 Å². The molecule has 0 aliphatic rings. The van der Waals surface area contributed by atoms with Gasteiger partial charge in [0.2, 0.25) is 11.0 Å². The number of hydrogen-bond acceptors (Lipinski definition) is 8. The normalized spacial score (nSPS) is 10.4. The standard InChI is InChI=1S/C21H20N4O4S2/c1-3-29-19(28)14-7-9-16(10-8-14)22-17(26)12-30-21-25-24-20(31-21)23-18(27)15-6-4-5-13(2)11-15/h4-11H,3,12H2,1-2H3,(H,22,26)(H,23,24,27). The molecular weight excluding hydrogens is 436 g/mol. The first-order valence-electron chi connectivity index (χ1n) is 9.36. The average molecular weight is 457 g/mol. The van der Waals surface area contributed by atoms with Crippen molar-refractivity contribution < 1.29 is 19.1 Å². The Kier molecular flexibility index (Phi) is 7.74. The lowest BCUT2D eigenvalue weighted by molar-refractivity contribution is -0.113. The summed E-state index contributed by atoms with van der Waals surface area (Å²) in [6, 6.07) is 13.7. The van der Waals surface area contributed by atoms with E-state index in [2.05, 4.69) is 20.8 Å². The molecular formula is C21H20N4O4S2. The van der Waals surface area contributed by atoms with Gasteiger partial charge in [-0.1, -0.05) is 40.8 Å². The van der Waals surface area contributed by atoms with Crippen molar-refractivity contribution in [3.05, 3.63) is 65.2 Å². The van der Waals surface area contributed by atoms with Crippen LogP contribution in [0, 0.1) is 6.92 Å². The van der Waals surface area contributed by atoms with Crippen LogP contribution >= 0.6 is 23.1 Å². The number of nitrogens with one attached hydrogen (secondary N) is 2. The van der Waals surface area contributed by atoms with Crippen LogP contribution in [0.1, 0.15) is 33.2 Å². The van der Waals surface area contributed by atoms with Gasteiger partial charge in [0.15, 0.2) is 4.34 Å². The van der Waals surface area contributed by atoms with Crippen LogP contribution in [0.3, 0.4) is 0 Å². The summed E-state index contributed by atoms with van der Waals surface area (Å²) in [6.07, 6.45) is 0. The molecule has 0 unspecified atom stereocenters. The summed E-state index contributed by atoms with van der Waals surface area (Å²) in [4.78, 5) is 36.1. The van der Waals surface area contributed by atoms with Crippen molar-refractivity contribution in [3.8, 4) is 0 Å². The summed E-state index contributed by atoms with van der Waals surface area (Å²) < 4.78 is 5.49. The second-order valence-electron chi connectivity index (χ2n) is 6.33. The molecule has 0 radical (unpaired) electrons. The molecule has 8 nitrogen and oxygen atoms in total. The molecule has 10 heteroatoms. The van der Waals surface area contributed by atoms with Crippen LogP contribution in [0.15, 0.2) is 52.9 Å². The summed E-state index contributed by atoms with van der Waals surface area (Å²) >= 11 is 2.41. The van der Waals surface area contributed by atoms with E-state index in [9.17, 15) is 14.4 Å². The van der Waals surface area contributed by atoms with Crippen molar-refractivity contribution in [3.63, 3.8) is 0 Å². The molecule has 31 heavy (non-hydrogen) atoms. The lowest BCUT2D eigenvalue weighted by Gasteiger charge is -2.06. The van der Waals surface area contributed by atoms with E-state index >= 15 is 0 Å². The zero-order valence-corrected chi connectivity index (χ0v) is 18.5. The quantitative estimate of drug-likeness (QED) is 0.299. The minimum Gasteiger partial charge on any atom is -0.462 e. The Morgan fingerprint density at radius 3 is 2.52 bits per heavy atom. The van der Waals surface area contributed by atoms with Gasteiger partial charge in [0.1, 0.15) is 0 Å².